The van der Waals surface area contributed by atoms with Crippen LogP contribution in [0.5, 0.6) is 5.75 Å². The van der Waals surface area contributed by atoms with Crippen molar-refractivity contribution in [3.63, 3.8) is 0 Å². The normalized spacial score (nSPS) is 12.3. The molecule has 1 N–H and O–H groups in total. The van der Waals surface area contributed by atoms with Crippen LogP contribution in [0.15, 0.2) is 41.3 Å². The number of halogens is 3. The van der Waals surface area contributed by atoms with Gasteiger partial charge < -0.3 is 9.47 Å². The van der Waals surface area contributed by atoms with E-state index in [1.165, 1.54) is 7.11 Å². The Morgan fingerprint density at radius 1 is 1.24 bits per heavy atom. The number of sulfonamides is 1. The molecule has 0 aromatic heterocycles. The van der Waals surface area contributed by atoms with Gasteiger partial charge >= 0.3 is 0 Å². The molecule has 1 amide bonds. The summed E-state index contributed by atoms with van der Waals surface area (Å²) in [7, 11) is -3.36. The Kier molecular flexibility index (Phi) is 7.06. The summed E-state index contributed by atoms with van der Waals surface area (Å²) in [5, 5.41) is 10.6. The van der Waals surface area contributed by atoms with Gasteiger partial charge in [-0.2, -0.15) is 0 Å². The second-order valence-electron chi connectivity index (χ2n) is 5.51. The fourth-order valence-corrected chi connectivity index (χ4v) is 3.35. The number of rotatable bonds is 8. The third-order valence-corrected chi connectivity index (χ3v) is 5.05. The van der Waals surface area contributed by atoms with E-state index in [2.05, 4.69) is 0 Å². The van der Waals surface area contributed by atoms with Gasteiger partial charge in [-0.25, -0.2) is 21.9 Å². The van der Waals surface area contributed by atoms with Crippen LogP contribution in [0.2, 0.25) is 5.02 Å². The molecule has 0 aliphatic heterocycles. The number of hydrogen-bond donors (Lipinski definition) is 1. The summed E-state index contributed by atoms with van der Waals surface area (Å²) in [4.78, 5) is 21.8. The molecule has 0 spiro atoms. The molecule has 2 aromatic carbocycles. The summed E-state index contributed by atoms with van der Waals surface area (Å²) in [6.45, 7) is -0.458. The number of amides is 1. The van der Waals surface area contributed by atoms with Crippen LogP contribution in [-0.4, -0.2) is 39.1 Å². The number of nitrogens with one attached hydrogen (secondary N) is 1. The fraction of sp³-hybridized carbons (Fsp3) is 0.188. The molecule has 0 saturated heterocycles. The first-order valence-corrected chi connectivity index (χ1v) is 9.52. The lowest BCUT2D eigenvalue weighted by atomic mass is 10.3. The summed E-state index contributed by atoms with van der Waals surface area (Å²) in [6, 6.07) is 4.77. The standard InChI is InChI=1S/C16H13ClF2N2O7S/c1-27-8-15(28-11-5-9(18)4-10(19)6-11)16(22)20-29(25,26)12-2-3-13(17)14(7-12)21(23)24/h2-7,15H,8H2,1H3,(H,20,22). The van der Waals surface area contributed by atoms with Crippen LogP contribution in [0.3, 0.4) is 0 Å². The number of nitro groups is 1. The zero-order valence-corrected chi connectivity index (χ0v) is 16.2. The van der Waals surface area contributed by atoms with Gasteiger partial charge in [-0.15, -0.1) is 0 Å². The van der Waals surface area contributed by atoms with Crippen LogP contribution in [0.4, 0.5) is 14.5 Å². The number of carbonyl (C=O) groups excluding carboxylic acids is 1. The number of hydrogen-bond acceptors (Lipinski definition) is 7. The van der Waals surface area contributed by atoms with Gasteiger partial charge in [0.2, 0.25) is 6.10 Å². The smallest absolute Gasteiger partial charge is 0.289 e. The van der Waals surface area contributed by atoms with Crippen molar-refractivity contribution in [2.75, 3.05) is 13.7 Å². The third-order valence-electron chi connectivity index (χ3n) is 3.38. The molecular weight excluding hydrogens is 438 g/mol. The maximum Gasteiger partial charge on any atom is 0.289 e. The molecule has 13 heteroatoms. The molecule has 0 bridgehead atoms. The molecule has 1 unspecified atom stereocenters. The van der Waals surface area contributed by atoms with Crippen LogP contribution in [-0.2, 0) is 19.6 Å². The van der Waals surface area contributed by atoms with Crippen molar-refractivity contribution in [1.29, 1.82) is 0 Å². The van der Waals surface area contributed by atoms with Gasteiger partial charge in [-0.3, -0.25) is 14.9 Å². The maximum atomic E-state index is 13.3. The lowest BCUT2D eigenvalue weighted by Crippen LogP contribution is -2.43. The number of ether oxygens (including phenoxy) is 2. The predicted octanol–water partition coefficient (Wildman–Crippen LogP) is 2.43. The Labute approximate surface area is 168 Å². The molecule has 0 fully saturated rings. The van der Waals surface area contributed by atoms with Crippen molar-refractivity contribution in [2.24, 2.45) is 0 Å². The van der Waals surface area contributed by atoms with E-state index in [1.54, 1.807) is 4.72 Å². The molecule has 2 rings (SSSR count). The first-order valence-electron chi connectivity index (χ1n) is 7.66. The maximum absolute atomic E-state index is 13.3. The van der Waals surface area contributed by atoms with Crippen LogP contribution in [0.25, 0.3) is 0 Å². The van der Waals surface area contributed by atoms with Gasteiger partial charge in [0.15, 0.2) is 0 Å². The third kappa shape index (κ3) is 5.82. The number of methoxy groups -OCH3 is 1. The minimum Gasteiger partial charge on any atom is -0.478 e. The Morgan fingerprint density at radius 3 is 2.41 bits per heavy atom. The van der Waals surface area contributed by atoms with E-state index >= 15 is 0 Å². The topological polar surface area (TPSA) is 125 Å². The Morgan fingerprint density at radius 2 is 1.86 bits per heavy atom. The molecule has 0 saturated carbocycles. The zero-order valence-electron chi connectivity index (χ0n) is 14.6. The van der Waals surface area contributed by atoms with Crippen LogP contribution in [0, 0.1) is 21.7 Å². The van der Waals surface area contributed by atoms with Gasteiger partial charge in [-0.1, -0.05) is 11.6 Å². The summed E-state index contributed by atoms with van der Waals surface area (Å²) in [5.41, 5.74) is -0.679. The minimum atomic E-state index is -4.55. The molecule has 2 aromatic rings. The molecule has 156 valence electrons. The molecule has 0 aliphatic rings. The average Bonchev–Trinajstić information content (AvgIpc) is 2.60. The van der Waals surface area contributed by atoms with Gasteiger partial charge in [-0.05, 0) is 12.1 Å². The molecule has 9 nitrogen and oxygen atoms in total. The number of benzene rings is 2. The Balaban J connectivity index is 2.26. The predicted molar refractivity (Wildman–Crippen MR) is 96.1 cm³/mol. The van der Waals surface area contributed by atoms with E-state index in [0.717, 1.165) is 24.3 Å². The zero-order chi connectivity index (χ0) is 21.8. The van der Waals surface area contributed by atoms with Crippen LogP contribution in [0.1, 0.15) is 0 Å². The summed E-state index contributed by atoms with van der Waals surface area (Å²) >= 11 is 5.63. The van der Waals surface area contributed by atoms with Crippen molar-refractivity contribution in [3.8, 4) is 5.75 Å². The van der Waals surface area contributed by atoms with E-state index in [-0.39, 0.29) is 10.8 Å². The first kappa shape index (κ1) is 22.5. The molecular formula is C16H13ClF2N2O7S. The summed E-state index contributed by atoms with van der Waals surface area (Å²) in [5.74, 6) is -3.55. The van der Waals surface area contributed by atoms with E-state index in [4.69, 9.17) is 21.1 Å². The van der Waals surface area contributed by atoms with Crippen molar-refractivity contribution in [1.82, 2.24) is 4.72 Å². The van der Waals surface area contributed by atoms with E-state index in [9.17, 15) is 32.1 Å². The number of carbonyl (C=O) groups is 1. The number of nitro benzene ring substituents is 1. The van der Waals surface area contributed by atoms with Gasteiger partial charge in [0, 0.05) is 31.4 Å². The SMILES string of the molecule is COCC(Oc1cc(F)cc(F)c1)C(=O)NS(=O)(=O)c1ccc(Cl)c([N+](=O)[O-])c1. The largest absolute Gasteiger partial charge is 0.478 e. The molecule has 29 heavy (non-hydrogen) atoms. The highest BCUT2D eigenvalue weighted by molar-refractivity contribution is 7.90. The van der Waals surface area contributed by atoms with Crippen molar-refractivity contribution in [3.05, 3.63) is 63.2 Å². The minimum absolute atomic E-state index is 0.297. The van der Waals surface area contributed by atoms with Crippen LogP contribution >= 0.6 is 11.6 Å². The van der Waals surface area contributed by atoms with Crippen molar-refractivity contribution >= 4 is 33.2 Å². The molecule has 0 aliphatic carbocycles. The highest BCUT2D eigenvalue weighted by Gasteiger charge is 2.28. The van der Waals surface area contributed by atoms with E-state index in [1.807, 2.05) is 0 Å². The molecule has 0 heterocycles. The molecule has 1 atom stereocenters. The fourth-order valence-electron chi connectivity index (χ4n) is 2.13. The highest BCUT2D eigenvalue weighted by atomic mass is 35.5. The first-order chi connectivity index (χ1) is 13.5. The van der Waals surface area contributed by atoms with E-state index in [0.29, 0.717) is 12.1 Å². The second-order valence-corrected chi connectivity index (χ2v) is 7.60. The monoisotopic (exact) mass is 450 g/mol. The lowest BCUT2D eigenvalue weighted by Gasteiger charge is -2.18. The number of nitrogens with zero attached hydrogens (tertiary/aromatic N) is 1. The van der Waals surface area contributed by atoms with Crippen LogP contribution < -0.4 is 9.46 Å². The quantitative estimate of drug-likeness (QED) is 0.483. The molecule has 0 radical (unpaired) electrons. The summed E-state index contributed by atoms with van der Waals surface area (Å²) in [6.07, 6.45) is -1.60. The second kappa shape index (κ2) is 9.11. The summed E-state index contributed by atoms with van der Waals surface area (Å²) < 4.78 is 62.9. The van der Waals surface area contributed by atoms with Gasteiger partial charge in [0.05, 0.1) is 16.4 Å². The Bertz CT molecular complexity index is 1030. The average molecular weight is 451 g/mol. The lowest BCUT2D eigenvalue weighted by molar-refractivity contribution is -0.384. The highest BCUT2D eigenvalue weighted by Crippen LogP contribution is 2.27. The van der Waals surface area contributed by atoms with Crippen molar-refractivity contribution in [2.45, 2.75) is 11.0 Å². The van der Waals surface area contributed by atoms with Gasteiger partial charge in [0.1, 0.15) is 22.4 Å². The van der Waals surface area contributed by atoms with E-state index < -0.39 is 55.8 Å². The van der Waals surface area contributed by atoms with Gasteiger partial charge in [0.25, 0.3) is 21.6 Å². The van der Waals surface area contributed by atoms with Crippen molar-refractivity contribution < 1.29 is 36.4 Å². The Hall–Kier alpha value is -2.83.